The topological polar surface area (TPSA) is 22.0 Å². The molecule has 0 aliphatic rings. The van der Waals surface area contributed by atoms with E-state index in [0.717, 1.165) is 12.5 Å². The summed E-state index contributed by atoms with van der Waals surface area (Å²) in [7, 11) is 0. The number of aldehydes is 1. The zero-order valence-electron chi connectivity index (χ0n) is 11.9. The van der Waals surface area contributed by atoms with Crippen LogP contribution in [0.5, 0.6) is 0 Å². The van der Waals surface area contributed by atoms with Crippen LogP contribution in [-0.4, -0.2) is 10.9 Å². The van der Waals surface area contributed by atoms with Crippen LogP contribution in [0, 0.1) is 6.92 Å². The van der Waals surface area contributed by atoms with Crippen molar-refractivity contribution in [1.29, 1.82) is 0 Å². The number of benzene rings is 1. The summed E-state index contributed by atoms with van der Waals surface area (Å²) in [6.45, 7) is 3.61. The predicted octanol–water partition coefficient (Wildman–Crippen LogP) is 4.57. The first-order chi connectivity index (χ1) is 9.90. The lowest BCUT2D eigenvalue weighted by molar-refractivity contribution is -0.137. The van der Waals surface area contributed by atoms with E-state index in [1.165, 1.54) is 16.7 Å². The first kappa shape index (κ1) is 15.4. The summed E-state index contributed by atoms with van der Waals surface area (Å²) in [5, 5.41) is 0. The van der Waals surface area contributed by atoms with Gasteiger partial charge in [0.1, 0.15) is 0 Å². The summed E-state index contributed by atoms with van der Waals surface area (Å²) < 4.78 is 41.1. The molecule has 0 unspecified atom stereocenters. The summed E-state index contributed by atoms with van der Waals surface area (Å²) in [4.78, 5) is 11.1. The Hall–Kier alpha value is -2.04. The molecule has 0 aliphatic carbocycles. The summed E-state index contributed by atoms with van der Waals surface area (Å²) >= 11 is 0. The van der Waals surface area contributed by atoms with Crippen LogP contribution in [0.15, 0.2) is 30.3 Å². The van der Waals surface area contributed by atoms with Crippen LogP contribution in [0.3, 0.4) is 0 Å². The molecule has 0 amide bonds. The van der Waals surface area contributed by atoms with Gasteiger partial charge in [0.25, 0.3) is 0 Å². The minimum Gasteiger partial charge on any atom is -0.317 e. The van der Waals surface area contributed by atoms with Gasteiger partial charge in [0, 0.05) is 17.0 Å². The molecule has 1 heterocycles. The quantitative estimate of drug-likeness (QED) is 0.757. The van der Waals surface area contributed by atoms with Gasteiger partial charge >= 0.3 is 6.18 Å². The molecule has 1 aromatic heterocycles. The smallest absolute Gasteiger partial charge is 0.317 e. The molecule has 21 heavy (non-hydrogen) atoms. The van der Waals surface area contributed by atoms with Gasteiger partial charge in [0.2, 0.25) is 0 Å². The van der Waals surface area contributed by atoms with E-state index in [4.69, 9.17) is 0 Å². The highest BCUT2D eigenvalue weighted by molar-refractivity contribution is 5.78. The SMILES string of the molecule is CCCc1cc(C=O)c(C)n1-c1ccccc1C(F)(F)F. The molecule has 0 N–H and O–H groups in total. The molecule has 0 saturated carbocycles. The monoisotopic (exact) mass is 295 g/mol. The number of nitrogens with zero attached hydrogens (tertiary/aromatic N) is 1. The van der Waals surface area contributed by atoms with E-state index >= 15 is 0 Å². The molecule has 2 rings (SSSR count). The number of aryl methyl sites for hydroxylation is 1. The fourth-order valence-electron chi connectivity index (χ4n) is 2.50. The number of halogens is 3. The van der Waals surface area contributed by atoms with Gasteiger partial charge in [-0.3, -0.25) is 4.79 Å². The van der Waals surface area contributed by atoms with Gasteiger partial charge < -0.3 is 4.57 Å². The van der Waals surface area contributed by atoms with E-state index in [9.17, 15) is 18.0 Å². The molecule has 0 fully saturated rings. The average molecular weight is 295 g/mol. The number of carbonyl (C=O) groups excluding carboxylic acids is 1. The van der Waals surface area contributed by atoms with Crippen molar-refractivity contribution >= 4 is 6.29 Å². The van der Waals surface area contributed by atoms with Gasteiger partial charge in [-0.05, 0) is 31.5 Å². The number of para-hydroxylation sites is 1. The Morgan fingerprint density at radius 3 is 2.48 bits per heavy atom. The van der Waals surface area contributed by atoms with E-state index in [2.05, 4.69) is 0 Å². The highest BCUT2D eigenvalue weighted by Crippen LogP contribution is 2.35. The maximum Gasteiger partial charge on any atom is 0.418 e. The van der Waals surface area contributed by atoms with Crippen LogP contribution in [0.2, 0.25) is 0 Å². The summed E-state index contributed by atoms with van der Waals surface area (Å²) in [5.74, 6) is 0. The maximum absolute atomic E-state index is 13.2. The number of hydrogen-bond donors (Lipinski definition) is 0. The van der Waals surface area contributed by atoms with Crippen molar-refractivity contribution in [1.82, 2.24) is 4.57 Å². The van der Waals surface area contributed by atoms with Gasteiger partial charge in [0.05, 0.1) is 11.3 Å². The maximum atomic E-state index is 13.2. The Bertz CT molecular complexity index is 656. The predicted molar refractivity (Wildman–Crippen MR) is 74.9 cm³/mol. The molecule has 112 valence electrons. The van der Waals surface area contributed by atoms with E-state index in [1.54, 1.807) is 19.1 Å². The molecule has 0 saturated heterocycles. The molecule has 2 nitrogen and oxygen atoms in total. The molecular weight excluding hydrogens is 279 g/mol. The number of rotatable bonds is 4. The highest BCUT2D eigenvalue weighted by atomic mass is 19.4. The number of hydrogen-bond acceptors (Lipinski definition) is 1. The highest BCUT2D eigenvalue weighted by Gasteiger charge is 2.34. The molecule has 5 heteroatoms. The first-order valence-electron chi connectivity index (χ1n) is 6.73. The molecule has 0 radical (unpaired) electrons. The Morgan fingerprint density at radius 2 is 1.90 bits per heavy atom. The normalized spacial score (nSPS) is 11.7. The molecule has 1 aromatic carbocycles. The largest absolute Gasteiger partial charge is 0.418 e. The van der Waals surface area contributed by atoms with Gasteiger partial charge in [-0.1, -0.05) is 25.5 Å². The third-order valence-electron chi connectivity index (χ3n) is 3.45. The Balaban J connectivity index is 2.72. The van der Waals surface area contributed by atoms with Gasteiger partial charge in [0.15, 0.2) is 6.29 Å². The molecule has 2 aromatic rings. The van der Waals surface area contributed by atoms with Crippen LogP contribution in [-0.2, 0) is 12.6 Å². The third-order valence-corrected chi connectivity index (χ3v) is 3.45. The first-order valence-corrected chi connectivity index (χ1v) is 6.73. The molecular formula is C16H16F3NO. The van der Waals surface area contributed by atoms with Crippen molar-refractivity contribution in [2.24, 2.45) is 0 Å². The van der Waals surface area contributed by atoms with E-state index < -0.39 is 11.7 Å². The second kappa shape index (κ2) is 5.76. The zero-order valence-corrected chi connectivity index (χ0v) is 11.9. The summed E-state index contributed by atoms with van der Waals surface area (Å²) in [6, 6.07) is 7.10. The second-order valence-corrected chi connectivity index (χ2v) is 4.89. The molecule has 0 aliphatic heterocycles. The third kappa shape index (κ3) is 2.86. The van der Waals surface area contributed by atoms with Crippen LogP contribution >= 0.6 is 0 Å². The molecule has 0 spiro atoms. The van der Waals surface area contributed by atoms with E-state index in [0.29, 0.717) is 29.7 Å². The lowest BCUT2D eigenvalue weighted by Crippen LogP contribution is -2.13. The second-order valence-electron chi connectivity index (χ2n) is 4.89. The van der Waals surface area contributed by atoms with Crippen molar-refractivity contribution in [3.63, 3.8) is 0 Å². The van der Waals surface area contributed by atoms with E-state index in [1.807, 2.05) is 6.92 Å². The number of carbonyl (C=O) groups is 1. The molecule has 0 bridgehead atoms. The lowest BCUT2D eigenvalue weighted by atomic mass is 10.1. The van der Waals surface area contributed by atoms with Gasteiger partial charge in [-0.2, -0.15) is 13.2 Å². The Morgan fingerprint density at radius 1 is 1.24 bits per heavy atom. The Labute approximate surface area is 121 Å². The van der Waals surface area contributed by atoms with E-state index in [-0.39, 0.29) is 5.69 Å². The van der Waals surface area contributed by atoms with Gasteiger partial charge in [-0.15, -0.1) is 0 Å². The fourth-order valence-corrected chi connectivity index (χ4v) is 2.50. The van der Waals surface area contributed by atoms with Crippen LogP contribution in [0.4, 0.5) is 13.2 Å². The average Bonchev–Trinajstić information content (AvgIpc) is 2.74. The number of aromatic nitrogens is 1. The van der Waals surface area contributed by atoms with Gasteiger partial charge in [-0.25, -0.2) is 0 Å². The van der Waals surface area contributed by atoms with Crippen molar-refractivity contribution < 1.29 is 18.0 Å². The summed E-state index contributed by atoms with van der Waals surface area (Å²) in [5.41, 5.74) is 1.05. The molecule has 0 atom stereocenters. The van der Waals surface area contributed by atoms with Crippen molar-refractivity contribution in [3.8, 4) is 5.69 Å². The zero-order chi connectivity index (χ0) is 15.6. The lowest BCUT2D eigenvalue weighted by Gasteiger charge is -2.17. The van der Waals surface area contributed by atoms with Crippen molar-refractivity contribution in [2.75, 3.05) is 0 Å². The number of alkyl halides is 3. The van der Waals surface area contributed by atoms with Crippen LogP contribution in [0.1, 0.15) is 40.7 Å². The minimum atomic E-state index is -4.43. The summed E-state index contributed by atoms with van der Waals surface area (Å²) in [6.07, 6.45) is -2.35. The standard InChI is InChI=1S/C16H16F3NO/c1-3-6-13-9-12(10-21)11(2)20(13)15-8-5-4-7-14(15)16(17,18)19/h4-5,7-10H,3,6H2,1-2H3. The van der Waals surface area contributed by atoms with Crippen molar-refractivity contribution in [3.05, 3.63) is 52.8 Å². The van der Waals surface area contributed by atoms with Crippen LogP contribution in [0.25, 0.3) is 5.69 Å². The van der Waals surface area contributed by atoms with Crippen molar-refractivity contribution in [2.45, 2.75) is 32.9 Å². The minimum absolute atomic E-state index is 0.0686. The fraction of sp³-hybridized carbons (Fsp3) is 0.312. The Kier molecular flexibility index (Phi) is 4.21. The van der Waals surface area contributed by atoms with Crippen LogP contribution < -0.4 is 0 Å².